The number of carboxylic acids is 1. The molecule has 1 aromatic carbocycles. The van der Waals surface area contributed by atoms with E-state index in [-0.39, 0.29) is 5.56 Å². The van der Waals surface area contributed by atoms with Crippen molar-refractivity contribution < 1.29 is 9.90 Å². The summed E-state index contributed by atoms with van der Waals surface area (Å²) in [7, 11) is 0. The van der Waals surface area contributed by atoms with E-state index in [2.05, 4.69) is 31.5 Å². The lowest BCUT2D eigenvalue weighted by atomic mass is 10.2. The third-order valence-electron chi connectivity index (χ3n) is 2.27. The molecule has 0 amide bonds. The number of halogens is 1. The predicted molar refractivity (Wildman–Crippen MR) is 63.2 cm³/mol. The van der Waals surface area contributed by atoms with Gasteiger partial charge in [-0.05, 0) is 28.6 Å². The topological polar surface area (TPSA) is 80.9 Å². The Kier molecular flexibility index (Phi) is 3.19. The number of aromatic nitrogens is 4. The van der Waals surface area contributed by atoms with Gasteiger partial charge in [0.25, 0.3) is 0 Å². The van der Waals surface area contributed by atoms with Gasteiger partial charge < -0.3 is 5.11 Å². The van der Waals surface area contributed by atoms with Crippen LogP contribution < -0.4 is 0 Å². The second-order valence-corrected chi connectivity index (χ2v) is 4.24. The van der Waals surface area contributed by atoms with E-state index in [1.807, 2.05) is 6.92 Å². The number of aromatic carboxylic acids is 1. The lowest BCUT2D eigenvalue weighted by molar-refractivity contribution is 0.0696. The fourth-order valence-electron chi connectivity index (χ4n) is 1.47. The molecule has 0 radical (unpaired) electrons. The van der Waals surface area contributed by atoms with Gasteiger partial charge in [-0.25, -0.2) is 4.79 Å². The number of tetrazole rings is 1. The normalized spacial score (nSPS) is 10.5. The Morgan fingerprint density at radius 2 is 2.29 bits per heavy atom. The molecular weight excluding hydrogens is 288 g/mol. The van der Waals surface area contributed by atoms with Crippen LogP contribution in [0.1, 0.15) is 23.1 Å². The van der Waals surface area contributed by atoms with Gasteiger partial charge in [-0.2, -0.15) is 4.68 Å². The van der Waals surface area contributed by atoms with E-state index in [1.54, 1.807) is 12.1 Å². The second-order valence-electron chi connectivity index (χ2n) is 3.33. The molecule has 0 unspecified atom stereocenters. The molecular formula is C10H9BrN4O2. The van der Waals surface area contributed by atoms with Crippen LogP contribution in [0.2, 0.25) is 0 Å². The summed E-state index contributed by atoms with van der Waals surface area (Å²) in [4.78, 5) is 11.1. The maximum atomic E-state index is 11.1. The number of benzene rings is 1. The quantitative estimate of drug-likeness (QED) is 0.932. The van der Waals surface area contributed by atoms with Crippen molar-refractivity contribution in [3.05, 3.63) is 34.1 Å². The second kappa shape index (κ2) is 4.62. The van der Waals surface area contributed by atoms with Crippen LogP contribution in [0.25, 0.3) is 5.69 Å². The number of aryl methyl sites for hydroxylation is 1. The van der Waals surface area contributed by atoms with Crippen molar-refractivity contribution in [3.8, 4) is 5.69 Å². The number of rotatable bonds is 3. The van der Waals surface area contributed by atoms with Gasteiger partial charge in [0.05, 0.1) is 11.3 Å². The van der Waals surface area contributed by atoms with Crippen LogP contribution in [0, 0.1) is 0 Å². The van der Waals surface area contributed by atoms with Crippen LogP contribution in [-0.4, -0.2) is 31.3 Å². The summed E-state index contributed by atoms with van der Waals surface area (Å²) >= 11 is 3.30. The Balaban J connectivity index is 2.65. The molecule has 0 atom stereocenters. The number of hydrogen-bond acceptors (Lipinski definition) is 4. The Bertz CT molecular complexity index is 567. The maximum absolute atomic E-state index is 11.1. The molecule has 0 spiro atoms. The summed E-state index contributed by atoms with van der Waals surface area (Å²) in [6.07, 6.45) is 0.624. The Morgan fingerprint density at radius 3 is 2.94 bits per heavy atom. The molecule has 0 saturated carbocycles. The zero-order valence-corrected chi connectivity index (χ0v) is 10.5. The van der Waals surface area contributed by atoms with Crippen LogP contribution in [-0.2, 0) is 6.42 Å². The molecule has 17 heavy (non-hydrogen) atoms. The lowest BCUT2D eigenvalue weighted by Crippen LogP contribution is -2.09. The minimum atomic E-state index is -1.01. The highest BCUT2D eigenvalue weighted by Gasteiger charge is 2.15. The zero-order valence-electron chi connectivity index (χ0n) is 8.96. The van der Waals surface area contributed by atoms with Gasteiger partial charge in [-0.1, -0.05) is 22.9 Å². The van der Waals surface area contributed by atoms with Crippen LogP contribution >= 0.6 is 15.9 Å². The third-order valence-corrected chi connectivity index (χ3v) is 2.76. The smallest absolute Gasteiger partial charge is 0.337 e. The molecule has 6 nitrogen and oxygen atoms in total. The lowest BCUT2D eigenvalue weighted by Gasteiger charge is -2.07. The van der Waals surface area contributed by atoms with E-state index in [1.165, 1.54) is 10.7 Å². The molecule has 1 heterocycles. The van der Waals surface area contributed by atoms with Gasteiger partial charge in [0, 0.05) is 10.9 Å². The summed E-state index contributed by atoms with van der Waals surface area (Å²) in [6, 6.07) is 4.87. The Morgan fingerprint density at radius 1 is 1.53 bits per heavy atom. The largest absolute Gasteiger partial charge is 0.478 e. The van der Waals surface area contributed by atoms with Crippen LogP contribution in [0.4, 0.5) is 0 Å². The van der Waals surface area contributed by atoms with Crippen molar-refractivity contribution in [2.45, 2.75) is 13.3 Å². The Labute approximate surface area is 105 Å². The molecule has 2 aromatic rings. The highest BCUT2D eigenvalue weighted by Crippen LogP contribution is 2.20. The molecule has 1 aromatic heterocycles. The molecule has 0 aliphatic rings. The Hall–Kier alpha value is -1.76. The molecule has 0 fully saturated rings. The molecule has 0 saturated heterocycles. The molecule has 0 aliphatic heterocycles. The van der Waals surface area contributed by atoms with E-state index in [9.17, 15) is 4.79 Å². The van der Waals surface area contributed by atoms with Gasteiger partial charge >= 0.3 is 5.97 Å². The van der Waals surface area contributed by atoms with Gasteiger partial charge in [-0.3, -0.25) is 0 Å². The third kappa shape index (κ3) is 2.19. The number of hydrogen-bond donors (Lipinski definition) is 1. The number of nitrogens with zero attached hydrogens (tertiary/aromatic N) is 4. The molecule has 2 rings (SSSR count). The van der Waals surface area contributed by atoms with E-state index < -0.39 is 5.97 Å². The first-order valence-electron chi connectivity index (χ1n) is 4.94. The minimum Gasteiger partial charge on any atom is -0.478 e. The van der Waals surface area contributed by atoms with Gasteiger partial charge in [-0.15, -0.1) is 5.10 Å². The van der Waals surface area contributed by atoms with Crippen LogP contribution in [0.5, 0.6) is 0 Å². The molecule has 1 N–H and O–H groups in total. The minimum absolute atomic E-state index is 0.162. The van der Waals surface area contributed by atoms with Crippen molar-refractivity contribution in [1.29, 1.82) is 0 Å². The van der Waals surface area contributed by atoms with E-state index in [4.69, 9.17) is 5.11 Å². The summed E-state index contributed by atoms with van der Waals surface area (Å²) in [6.45, 7) is 1.90. The molecule has 0 bridgehead atoms. The van der Waals surface area contributed by atoms with Crippen molar-refractivity contribution in [3.63, 3.8) is 0 Å². The van der Waals surface area contributed by atoms with Crippen molar-refractivity contribution in [2.75, 3.05) is 0 Å². The summed E-state index contributed by atoms with van der Waals surface area (Å²) < 4.78 is 2.21. The standard InChI is InChI=1S/C10H9BrN4O2/c1-2-9-12-13-14-15(9)8-5-6(11)3-4-7(8)10(16)17/h3-5H,2H2,1H3,(H,16,17). The average molecular weight is 297 g/mol. The summed E-state index contributed by atoms with van der Waals surface area (Å²) in [5.74, 6) is -0.393. The first kappa shape index (κ1) is 11.7. The van der Waals surface area contributed by atoms with Gasteiger partial charge in [0.15, 0.2) is 5.82 Å². The number of carbonyl (C=O) groups is 1. The molecule has 7 heteroatoms. The van der Waals surface area contributed by atoms with Crippen molar-refractivity contribution in [2.24, 2.45) is 0 Å². The zero-order chi connectivity index (χ0) is 12.4. The SMILES string of the molecule is CCc1nnnn1-c1cc(Br)ccc1C(=O)O. The summed E-state index contributed by atoms with van der Waals surface area (Å²) in [5.41, 5.74) is 0.615. The number of carboxylic acid groups (broad SMARTS) is 1. The predicted octanol–water partition coefficient (Wildman–Crippen LogP) is 1.69. The first-order valence-corrected chi connectivity index (χ1v) is 5.73. The molecule has 88 valence electrons. The first-order chi connectivity index (χ1) is 8.13. The fraction of sp³-hybridized carbons (Fsp3) is 0.200. The highest BCUT2D eigenvalue weighted by molar-refractivity contribution is 9.10. The summed E-state index contributed by atoms with van der Waals surface area (Å²) in [5, 5.41) is 20.3. The van der Waals surface area contributed by atoms with E-state index in [0.29, 0.717) is 17.9 Å². The molecule has 0 aliphatic carbocycles. The van der Waals surface area contributed by atoms with E-state index in [0.717, 1.165) is 4.47 Å². The van der Waals surface area contributed by atoms with Crippen molar-refractivity contribution in [1.82, 2.24) is 20.2 Å². The maximum Gasteiger partial charge on any atom is 0.337 e. The van der Waals surface area contributed by atoms with Gasteiger partial charge in [0.2, 0.25) is 0 Å². The van der Waals surface area contributed by atoms with Crippen molar-refractivity contribution >= 4 is 21.9 Å². The highest BCUT2D eigenvalue weighted by atomic mass is 79.9. The fourth-order valence-corrected chi connectivity index (χ4v) is 1.82. The van der Waals surface area contributed by atoms with Gasteiger partial charge in [0.1, 0.15) is 0 Å². The van der Waals surface area contributed by atoms with Crippen LogP contribution in [0.15, 0.2) is 22.7 Å². The monoisotopic (exact) mass is 296 g/mol. The average Bonchev–Trinajstić information content (AvgIpc) is 2.76. The van der Waals surface area contributed by atoms with E-state index >= 15 is 0 Å². The van der Waals surface area contributed by atoms with Crippen LogP contribution in [0.3, 0.4) is 0 Å².